The van der Waals surface area contributed by atoms with Crippen LogP contribution in [0.1, 0.15) is 23.7 Å². The molecule has 1 rings (SSSR count). The third-order valence-corrected chi connectivity index (χ3v) is 2.17. The number of benzene rings is 1. The number of aromatic carboxylic acids is 1. The molecule has 0 saturated heterocycles. The molecule has 0 radical (unpaired) electrons. The standard InChI is InChI=1S/C12H16O4/c1-9(7-8-15-2)16-11-6-4-3-5-10(11)12(13)14/h3-6,9H,7-8H2,1-2H3,(H,13,14). The zero-order valence-corrected chi connectivity index (χ0v) is 9.47. The zero-order valence-electron chi connectivity index (χ0n) is 9.47. The number of hydrogen-bond donors (Lipinski definition) is 1. The molecule has 0 amide bonds. The Bertz CT molecular complexity index is 349. The molecule has 1 N–H and O–H groups in total. The van der Waals surface area contributed by atoms with E-state index in [0.29, 0.717) is 12.4 Å². The minimum absolute atomic E-state index is 0.0690. The summed E-state index contributed by atoms with van der Waals surface area (Å²) in [5, 5.41) is 8.95. The number of carboxylic acid groups (broad SMARTS) is 1. The van der Waals surface area contributed by atoms with Crippen molar-refractivity contribution in [2.24, 2.45) is 0 Å². The molecular formula is C12H16O4. The molecule has 1 aromatic rings. The summed E-state index contributed by atoms with van der Waals surface area (Å²) in [6.07, 6.45) is 0.658. The van der Waals surface area contributed by atoms with Crippen molar-refractivity contribution >= 4 is 5.97 Å². The van der Waals surface area contributed by atoms with Crippen molar-refractivity contribution in [3.8, 4) is 5.75 Å². The van der Waals surface area contributed by atoms with Gasteiger partial charge in [-0.1, -0.05) is 12.1 Å². The van der Waals surface area contributed by atoms with Gasteiger partial charge in [0.25, 0.3) is 0 Å². The van der Waals surface area contributed by atoms with E-state index in [4.69, 9.17) is 14.6 Å². The van der Waals surface area contributed by atoms with Gasteiger partial charge < -0.3 is 14.6 Å². The van der Waals surface area contributed by atoms with Crippen LogP contribution in [0.5, 0.6) is 5.75 Å². The fraction of sp³-hybridized carbons (Fsp3) is 0.417. The van der Waals surface area contributed by atoms with Crippen LogP contribution in [-0.4, -0.2) is 30.9 Å². The molecule has 0 aliphatic rings. The summed E-state index contributed by atoms with van der Waals surface area (Å²) < 4.78 is 10.5. The normalized spacial score (nSPS) is 12.1. The second-order valence-electron chi connectivity index (χ2n) is 3.51. The van der Waals surface area contributed by atoms with Crippen molar-refractivity contribution in [1.29, 1.82) is 0 Å². The van der Waals surface area contributed by atoms with Gasteiger partial charge in [-0.15, -0.1) is 0 Å². The lowest BCUT2D eigenvalue weighted by molar-refractivity contribution is 0.0687. The Morgan fingerprint density at radius 3 is 2.75 bits per heavy atom. The van der Waals surface area contributed by atoms with Gasteiger partial charge in [-0.3, -0.25) is 0 Å². The Morgan fingerprint density at radius 2 is 2.12 bits per heavy atom. The number of carboxylic acids is 1. The highest BCUT2D eigenvalue weighted by atomic mass is 16.5. The summed E-state index contributed by atoms with van der Waals surface area (Å²) in [7, 11) is 1.62. The lowest BCUT2D eigenvalue weighted by Crippen LogP contribution is -2.16. The Hall–Kier alpha value is -1.55. The number of hydrogen-bond acceptors (Lipinski definition) is 3. The lowest BCUT2D eigenvalue weighted by atomic mass is 10.2. The van der Waals surface area contributed by atoms with E-state index < -0.39 is 5.97 Å². The number of ether oxygens (including phenoxy) is 2. The maximum atomic E-state index is 10.9. The molecule has 1 atom stereocenters. The van der Waals surface area contributed by atoms with Crippen LogP contribution in [0, 0.1) is 0 Å². The highest BCUT2D eigenvalue weighted by Gasteiger charge is 2.12. The molecule has 0 saturated carbocycles. The monoisotopic (exact) mass is 224 g/mol. The third-order valence-electron chi connectivity index (χ3n) is 2.17. The first-order chi connectivity index (χ1) is 7.65. The molecule has 0 fully saturated rings. The largest absolute Gasteiger partial charge is 0.490 e. The van der Waals surface area contributed by atoms with E-state index in [1.165, 1.54) is 6.07 Å². The summed E-state index contributed by atoms with van der Waals surface area (Å²) in [6.45, 7) is 2.48. The molecule has 1 unspecified atom stereocenters. The summed E-state index contributed by atoms with van der Waals surface area (Å²) in [4.78, 5) is 10.9. The first-order valence-corrected chi connectivity index (χ1v) is 5.13. The predicted octanol–water partition coefficient (Wildman–Crippen LogP) is 2.19. The second kappa shape index (κ2) is 6.12. The van der Waals surface area contributed by atoms with Gasteiger partial charge in [0.05, 0.1) is 6.10 Å². The van der Waals surface area contributed by atoms with Gasteiger partial charge in [0.15, 0.2) is 0 Å². The van der Waals surface area contributed by atoms with Gasteiger partial charge in [-0.2, -0.15) is 0 Å². The highest BCUT2D eigenvalue weighted by Crippen LogP contribution is 2.19. The zero-order chi connectivity index (χ0) is 12.0. The average Bonchev–Trinajstić information content (AvgIpc) is 2.27. The van der Waals surface area contributed by atoms with Crippen LogP contribution in [0.3, 0.4) is 0 Å². The predicted molar refractivity (Wildman–Crippen MR) is 60.0 cm³/mol. The van der Waals surface area contributed by atoms with Crippen molar-refractivity contribution in [3.63, 3.8) is 0 Å². The van der Waals surface area contributed by atoms with Crippen LogP contribution in [0.15, 0.2) is 24.3 Å². The van der Waals surface area contributed by atoms with E-state index in [0.717, 1.165) is 6.42 Å². The molecule has 0 aliphatic carbocycles. The number of para-hydroxylation sites is 1. The first kappa shape index (κ1) is 12.5. The van der Waals surface area contributed by atoms with E-state index in [1.54, 1.807) is 25.3 Å². The number of rotatable bonds is 6. The summed E-state index contributed by atoms with van der Waals surface area (Å²) >= 11 is 0. The SMILES string of the molecule is COCCC(C)Oc1ccccc1C(=O)O. The Kier molecular flexibility index (Phi) is 4.79. The summed E-state index contributed by atoms with van der Waals surface area (Å²) in [5.41, 5.74) is 0.187. The molecule has 0 aliphatic heterocycles. The first-order valence-electron chi connectivity index (χ1n) is 5.13. The fourth-order valence-electron chi connectivity index (χ4n) is 1.31. The van der Waals surface area contributed by atoms with Crippen molar-refractivity contribution < 1.29 is 19.4 Å². The van der Waals surface area contributed by atoms with E-state index >= 15 is 0 Å². The maximum Gasteiger partial charge on any atom is 0.339 e. The Morgan fingerprint density at radius 1 is 1.44 bits per heavy atom. The Balaban J connectivity index is 2.69. The molecule has 88 valence electrons. The van der Waals surface area contributed by atoms with Gasteiger partial charge in [0, 0.05) is 20.1 Å². The fourth-order valence-corrected chi connectivity index (χ4v) is 1.31. The molecule has 1 aromatic carbocycles. The molecule has 0 heterocycles. The highest BCUT2D eigenvalue weighted by molar-refractivity contribution is 5.90. The smallest absolute Gasteiger partial charge is 0.339 e. The number of carbonyl (C=O) groups is 1. The van der Waals surface area contributed by atoms with Crippen molar-refractivity contribution in [2.45, 2.75) is 19.4 Å². The van der Waals surface area contributed by atoms with Crippen molar-refractivity contribution in [3.05, 3.63) is 29.8 Å². The molecule has 4 nitrogen and oxygen atoms in total. The van der Waals surface area contributed by atoms with E-state index in [9.17, 15) is 4.79 Å². The van der Waals surface area contributed by atoms with Crippen LogP contribution in [0.2, 0.25) is 0 Å². The molecule has 0 spiro atoms. The molecular weight excluding hydrogens is 208 g/mol. The van der Waals surface area contributed by atoms with Crippen molar-refractivity contribution in [1.82, 2.24) is 0 Å². The summed E-state index contributed by atoms with van der Waals surface area (Å²) in [6, 6.07) is 6.62. The average molecular weight is 224 g/mol. The second-order valence-corrected chi connectivity index (χ2v) is 3.51. The van der Waals surface area contributed by atoms with Crippen molar-refractivity contribution in [2.75, 3.05) is 13.7 Å². The van der Waals surface area contributed by atoms with Crippen LogP contribution in [-0.2, 0) is 4.74 Å². The van der Waals surface area contributed by atoms with Gasteiger partial charge in [0.1, 0.15) is 11.3 Å². The van der Waals surface area contributed by atoms with Gasteiger partial charge in [-0.25, -0.2) is 4.79 Å². The van der Waals surface area contributed by atoms with Crippen LogP contribution < -0.4 is 4.74 Å². The minimum atomic E-state index is -0.977. The van der Waals surface area contributed by atoms with Gasteiger partial charge in [0.2, 0.25) is 0 Å². The molecule has 0 bridgehead atoms. The van der Waals surface area contributed by atoms with Gasteiger partial charge >= 0.3 is 5.97 Å². The number of methoxy groups -OCH3 is 1. The molecule has 0 aromatic heterocycles. The molecule has 16 heavy (non-hydrogen) atoms. The van der Waals surface area contributed by atoms with E-state index in [-0.39, 0.29) is 11.7 Å². The van der Waals surface area contributed by atoms with E-state index in [1.807, 2.05) is 6.92 Å². The van der Waals surface area contributed by atoms with E-state index in [2.05, 4.69) is 0 Å². The minimum Gasteiger partial charge on any atom is -0.490 e. The quantitative estimate of drug-likeness (QED) is 0.804. The van der Waals surface area contributed by atoms with Crippen LogP contribution in [0.4, 0.5) is 0 Å². The third kappa shape index (κ3) is 3.55. The summed E-state index contributed by atoms with van der Waals surface area (Å²) in [5.74, 6) is -0.576. The lowest BCUT2D eigenvalue weighted by Gasteiger charge is -2.15. The van der Waals surface area contributed by atoms with Crippen LogP contribution in [0.25, 0.3) is 0 Å². The topological polar surface area (TPSA) is 55.8 Å². The van der Waals surface area contributed by atoms with Crippen LogP contribution >= 0.6 is 0 Å². The van der Waals surface area contributed by atoms with Gasteiger partial charge in [-0.05, 0) is 19.1 Å². The Labute approximate surface area is 94.8 Å². The molecule has 4 heteroatoms. The maximum absolute atomic E-state index is 10.9.